The second-order valence-electron chi connectivity index (χ2n) is 9.41. The van der Waals surface area contributed by atoms with E-state index in [4.69, 9.17) is 17.3 Å². The monoisotopic (exact) mass is 443 g/mol. The van der Waals surface area contributed by atoms with Crippen molar-refractivity contribution in [3.8, 4) is 12.1 Å². The average molecular weight is 444 g/mol. The van der Waals surface area contributed by atoms with Gasteiger partial charge in [-0.05, 0) is 86.1 Å². The van der Waals surface area contributed by atoms with E-state index in [9.17, 15) is 10.5 Å². The second-order valence-corrected chi connectivity index (χ2v) is 9.82. The minimum Gasteiger partial charge on any atom is -0.383 e. The second kappa shape index (κ2) is 7.40. The van der Waals surface area contributed by atoms with Crippen LogP contribution in [0.4, 0.5) is 11.5 Å². The number of aromatic nitrogens is 1. The van der Waals surface area contributed by atoms with Crippen molar-refractivity contribution >= 4 is 40.3 Å². The van der Waals surface area contributed by atoms with Gasteiger partial charge in [0, 0.05) is 28.9 Å². The molecule has 2 aromatic rings. The summed E-state index contributed by atoms with van der Waals surface area (Å²) < 4.78 is 0. The van der Waals surface area contributed by atoms with E-state index in [2.05, 4.69) is 55.9 Å². The fourth-order valence-corrected chi connectivity index (χ4v) is 5.28. The van der Waals surface area contributed by atoms with Crippen LogP contribution in [0, 0.1) is 29.6 Å². The van der Waals surface area contributed by atoms with Gasteiger partial charge in [0.05, 0.1) is 16.8 Å². The third-order valence-electron chi connectivity index (χ3n) is 7.04. The summed E-state index contributed by atoms with van der Waals surface area (Å²) in [6, 6.07) is 8.60. The van der Waals surface area contributed by atoms with Gasteiger partial charge in [-0.3, -0.25) is 0 Å². The molecule has 0 amide bonds. The number of hydrogen-bond donors (Lipinski definition) is 1. The first-order valence-corrected chi connectivity index (χ1v) is 11.0. The summed E-state index contributed by atoms with van der Waals surface area (Å²) in [5, 5.41) is 20.0. The molecule has 1 atom stereocenters. The molecule has 162 valence electrons. The Kier molecular flexibility index (Phi) is 5.07. The third-order valence-corrected chi connectivity index (χ3v) is 7.36. The van der Waals surface area contributed by atoms with Gasteiger partial charge in [0.1, 0.15) is 18.0 Å². The van der Waals surface area contributed by atoms with Crippen LogP contribution in [0.25, 0.3) is 17.2 Å². The Balaban J connectivity index is 1.96. The summed E-state index contributed by atoms with van der Waals surface area (Å²) in [7, 11) is 2.11. The molecular formula is C26H26ClN5. The molecule has 0 saturated carbocycles. The maximum Gasteiger partial charge on any atom is 0.142 e. The van der Waals surface area contributed by atoms with Crippen molar-refractivity contribution < 1.29 is 0 Å². The number of benzene rings is 1. The van der Waals surface area contributed by atoms with Crippen LogP contribution in [0.3, 0.4) is 0 Å². The van der Waals surface area contributed by atoms with Gasteiger partial charge in [-0.1, -0.05) is 18.5 Å². The van der Waals surface area contributed by atoms with Crippen LogP contribution >= 0.6 is 11.6 Å². The number of nitrogens with two attached hydrogens (primary N) is 1. The molecule has 0 spiro atoms. The maximum absolute atomic E-state index is 9.79. The van der Waals surface area contributed by atoms with Crippen LogP contribution in [0.2, 0.25) is 5.02 Å². The largest absolute Gasteiger partial charge is 0.383 e. The molecule has 6 heteroatoms. The van der Waals surface area contributed by atoms with Gasteiger partial charge in [-0.25, -0.2) is 4.98 Å². The van der Waals surface area contributed by atoms with Crippen molar-refractivity contribution in [3.05, 3.63) is 56.2 Å². The Hall–Kier alpha value is -3.28. The van der Waals surface area contributed by atoms with Gasteiger partial charge >= 0.3 is 0 Å². The van der Waals surface area contributed by atoms with E-state index >= 15 is 0 Å². The predicted octanol–water partition coefficient (Wildman–Crippen LogP) is 6.07. The Labute approximate surface area is 194 Å². The number of fused-ring (bicyclic) bond motifs is 2. The third kappa shape index (κ3) is 3.08. The molecule has 1 aliphatic carbocycles. The topological polar surface area (TPSA) is 89.7 Å². The Morgan fingerprint density at radius 1 is 1.25 bits per heavy atom. The number of halogens is 1. The summed E-state index contributed by atoms with van der Waals surface area (Å²) in [4.78, 5) is 6.70. The van der Waals surface area contributed by atoms with Crippen molar-refractivity contribution in [2.45, 2.75) is 52.5 Å². The standard InChI is InChI=1S/C26H26ClN5/c1-13-10-26(4,5)32(6)22-9-21(27)16(7-17(13)22)8-18-14(2)19(11-28)24-23(18)15(3)20(12-29)25(30)31-24/h7-9,13H,10H2,1-6H3,(H2,30,31)/b18-8-/t13-/m1/s1. The minimum absolute atomic E-state index is 0.0531. The number of hydrogen-bond acceptors (Lipinski definition) is 5. The molecule has 4 rings (SSSR count). The van der Waals surface area contributed by atoms with Crippen molar-refractivity contribution in [3.63, 3.8) is 0 Å². The van der Waals surface area contributed by atoms with E-state index in [0.29, 0.717) is 27.8 Å². The smallest absolute Gasteiger partial charge is 0.142 e. The number of anilines is 2. The number of nitrogen functional groups attached to an aromatic ring is 1. The van der Waals surface area contributed by atoms with Crippen LogP contribution in [0.15, 0.2) is 17.7 Å². The molecule has 2 aliphatic rings. The molecule has 32 heavy (non-hydrogen) atoms. The highest BCUT2D eigenvalue weighted by Gasteiger charge is 2.35. The Morgan fingerprint density at radius 3 is 2.56 bits per heavy atom. The Bertz CT molecular complexity index is 1320. The normalized spacial score (nSPS) is 20.1. The first-order chi connectivity index (χ1) is 15.0. The highest BCUT2D eigenvalue weighted by Crippen LogP contribution is 2.47. The van der Waals surface area contributed by atoms with Crippen LogP contribution in [-0.2, 0) is 0 Å². The van der Waals surface area contributed by atoms with Gasteiger partial charge in [0.2, 0.25) is 0 Å². The van der Waals surface area contributed by atoms with Crippen LogP contribution in [0.1, 0.15) is 73.5 Å². The van der Waals surface area contributed by atoms with Gasteiger partial charge in [-0.2, -0.15) is 10.5 Å². The lowest BCUT2D eigenvalue weighted by molar-refractivity contribution is 0.395. The number of allylic oxidation sites excluding steroid dienone is 3. The maximum atomic E-state index is 9.79. The number of nitrogens with zero attached hydrogens (tertiary/aromatic N) is 4. The molecule has 5 nitrogen and oxygen atoms in total. The predicted molar refractivity (Wildman–Crippen MR) is 131 cm³/mol. The summed E-state index contributed by atoms with van der Waals surface area (Å²) in [5.41, 5.74) is 13.9. The number of nitriles is 2. The first kappa shape index (κ1) is 21.9. The zero-order valence-electron chi connectivity index (χ0n) is 19.3. The lowest BCUT2D eigenvalue weighted by atomic mass is 9.80. The Morgan fingerprint density at radius 2 is 1.94 bits per heavy atom. The van der Waals surface area contributed by atoms with Gasteiger partial charge in [-0.15, -0.1) is 0 Å². The highest BCUT2D eigenvalue weighted by molar-refractivity contribution is 6.32. The minimum atomic E-state index is 0.0531. The van der Waals surface area contributed by atoms with Crippen molar-refractivity contribution in [2.75, 3.05) is 17.7 Å². The molecule has 0 fully saturated rings. The molecule has 1 aromatic heterocycles. The summed E-state index contributed by atoms with van der Waals surface area (Å²) in [5.74, 6) is 0.540. The fraction of sp³-hybridized carbons (Fsp3) is 0.346. The average Bonchev–Trinajstić information content (AvgIpc) is 2.98. The molecule has 0 bridgehead atoms. The molecule has 0 radical (unpaired) electrons. The van der Waals surface area contributed by atoms with E-state index in [1.807, 2.05) is 26.0 Å². The number of rotatable bonds is 1. The van der Waals surface area contributed by atoms with E-state index < -0.39 is 0 Å². The molecule has 0 saturated heterocycles. The van der Waals surface area contributed by atoms with E-state index in [-0.39, 0.29) is 11.4 Å². The zero-order chi connectivity index (χ0) is 23.5. The zero-order valence-corrected chi connectivity index (χ0v) is 20.0. The van der Waals surface area contributed by atoms with Crippen LogP contribution < -0.4 is 10.6 Å². The summed E-state index contributed by atoms with van der Waals surface area (Å²) in [6.45, 7) is 10.5. The van der Waals surface area contributed by atoms with E-state index in [1.165, 1.54) is 5.56 Å². The number of pyridine rings is 1. The molecule has 0 unspecified atom stereocenters. The molecule has 2 heterocycles. The van der Waals surface area contributed by atoms with Crippen LogP contribution in [0.5, 0.6) is 0 Å². The van der Waals surface area contributed by atoms with E-state index in [0.717, 1.165) is 39.9 Å². The van der Waals surface area contributed by atoms with E-state index in [1.54, 1.807) is 0 Å². The molecule has 2 N–H and O–H groups in total. The van der Waals surface area contributed by atoms with Crippen LogP contribution in [-0.4, -0.2) is 17.6 Å². The summed E-state index contributed by atoms with van der Waals surface area (Å²) >= 11 is 6.77. The highest BCUT2D eigenvalue weighted by atomic mass is 35.5. The molecule has 1 aliphatic heterocycles. The van der Waals surface area contributed by atoms with Gasteiger partial charge in [0.25, 0.3) is 0 Å². The lowest BCUT2D eigenvalue weighted by Crippen LogP contribution is -2.45. The quantitative estimate of drug-likeness (QED) is 0.577. The first-order valence-electron chi connectivity index (χ1n) is 10.6. The van der Waals surface area contributed by atoms with Crippen molar-refractivity contribution in [2.24, 2.45) is 0 Å². The van der Waals surface area contributed by atoms with Gasteiger partial charge in [0.15, 0.2) is 0 Å². The summed E-state index contributed by atoms with van der Waals surface area (Å²) in [6.07, 6.45) is 3.06. The lowest BCUT2D eigenvalue weighted by Gasteiger charge is -2.45. The fourth-order valence-electron chi connectivity index (χ4n) is 5.07. The molecular weight excluding hydrogens is 418 g/mol. The van der Waals surface area contributed by atoms with Crippen molar-refractivity contribution in [1.82, 2.24) is 4.98 Å². The SMILES string of the molecule is CC1=C(C#N)c2nc(N)c(C#N)c(C)c2/C1=C\c1cc2c(cc1Cl)N(C)C(C)(C)C[C@H]2C. The van der Waals surface area contributed by atoms with Crippen molar-refractivity contribution in [1.29, 1.82) is 10.5 Å². The van der Waals surface area contributed by atoms with Gasteiger partial charge < -0.3 is 10.6 Å². The molecule has 1 aromatic carbocycles.